The van der Waals surface area contributed by atoms with E-state index < -0.39 is 0 Å². The van der Waals surface area contributed by atoms with Gasteiger partial charge in [0.2, 0.25) is 0 Å². The van der Waals surface area contributed by atoms with E-state index in [9.17, 15) is 0 Å². The number of allylic oxidation sites excluding steroid dienone is 3. The number of ether oxygens (including phenoxy) is 1. The highest BCUT2D eigenvalue weighted by Gasteiger charge is 2.62. The van der Waals surface area contributed by atoms with Crippen LogP contribution < -0.4 is 4.74 Å². The molecule has 19 heavy (non-hydrogen) atoms. The summed E-state index contributed by atoms with van der Waals surface area (Å²) in [6, 6.07) is 8.50. The number of fused-ring (bicyclic) bond motifs is 5. The largest absolute Gasteiger partial charge is 0.492 e. The van der Waals surface area contributed by atoms with Crippen molar-refractivity contribution in [3.05, 3.63) is 47.6 Å². The lowest BCUT2D eigenvalue weighted by atomic mass is 9.80. The summed E-state index contributed by atoms with van der Waals surface area (Å²) in [5.41, 5.74) is 4.81. The quantitative estimate of drug-likeness (QED) is 0.706. The molecular formula is C18H20O. The van der Waals surface area contributed by atoms with Crippen LogP contribution in [0.5, 0.6) is 5.75 Å². The number of para-hydroxylation sites is 1. The van der Waals surface area contributed by atoms with Crippen LogP contribution in [0.4, 0.5) is 0 Å². The highest BCUT2D eigenvalue weighted by Crippen LogP contribution is 2.70. The molecular weight excluding hydrogens is 232 g/mol. The Bertz CT molecular complexity index is 591. The van der Waals surface area contributed by atoms with E-state index in [0.717, 1.165) is 18.3 Å². The average molecular weight is 252 g/mol. The lowest BCUT2D eigenvalue weighted by Gasteiger charge is -2.31. The van der Waals surface area contributed by atoms with E-state index in [0.29, 0.717) is 11.3 Å². The van der Waals surface area contributed by atoms with Crippen molar-refractivity contribution in [2.45, 2.75) is 26.7 Å². The maximum Gasteiger partial charge on any atom is 0.126 e. The molecule has 0 N–H and O–H groups in total. The summed E-state index contributed by atoms with van der Waals surface area (Å²) in [4.78, 5) is 0. The first-order chi connectivity index (χ1) is 9.21. The van der Waals surface area contributed by atoms with Crippen molar-refractivity contribution in [2.24, 2.45) is 17.3 Å². The molecule has 1 saturated carbocycles. The van der Waals surface area contributed by atoms with Crippen LogP contribution in [0.2, 0.25) is 0 Å². The van der Waals surface area contributed by atoms with Crippen molar-refractivity contribution in [1.82, 2.24) is 0 Å². The monoisotopic (exact) mass is 252 g/mol. The Morgan fingerprint density at radius 1 is 1.37 bits per heavy atom. The van der Waals surface area contributed by atoms with E-state index in [1.807, 2.05) is 0 Å². The van der Waals surface area contributed by atoms with Crippen LogP contribution in [0, 0.1) is 17.3 Å². The highest BCUT2D eigenvalue weighted by atomic mass is 16.5. The van der Waals surface area contributed by atoms with Crippen molar-refractivity contribution in [1.29, 1.82) is 0 Å². The fraction of sp³-hybridized carbons (Fsp3) is 0.444. The molecule has 1 nitrogen and oxygen atoms in total. The molecule has 1 aromatic rings. The summed E-state index contributed by atoms with van der Waals surface area (Å²) in [5.74, 6) is 2.48. The molecule has 0 amide bonds. The first-order valence-electron chi connectivity index (χ1n) is 7.28. The van der Waals surface area contributed by atoms with E-state index in [4.69, 9.17) is 4.74 Å². The first kappa shape index (κ1) is 11.3. The summed E-state index contributed by atoms with van der Waals surface area (Å²) in [6.45, 7) is 5.27. The second-order valence-corrected chi connectivity index (χ2v) is 6.51. The fourth-order valence-electron chi connectivity index (χ4n) is 3.93. The van der Waals surface area contributed by atoms with Gasteiger partial charge in [0.05, 0.1) is 6.61 Å². The van der Waals surface area contributed by atoms with Crippen molar-refractivity contribution in [2.75, 3.05) is 6.61 Å². The maximum absolute atomic E-state index is 6.00. The van der Waals surface area contributed by atoms with Crippen molar-refractivity contribution in [3.8, 4) is 5.75 Å². The third-order valence-corrected chi connectivity index (χ3v) is 5.12. The molecule has 1 aromatic carbocycles. The third kappa shape index (κ3) is 1.54. The van der Waals surface area contributed by atoms with Gasteiger partial charge in [-0.2, -0.15) is 0 Å². The number of benzene rings is 1. The Balaban J connectivity index is 1.69. The molecule has 3 aliphatic rings. The molecule has 2 aliphatic carbocycles. The van der Waals surface area contributed by atoms with Crippen molar-refractivity contribution in [3.63, 3.8) is 0 Å². The van der Waals surface area contributed by atoms with Gasteiger partial charge in [-0.3, -0.25) is 0 Å². The van der Waals surface area contributed by atoms with Gasteiger partial charge < -0.3 is 4.74 Å². The van der Waals surface area contributed by atoms with Gasteiger partial charge in [-0.15, -0.1) is 0 Å². The lowest BCUT2D eigenvalue weighted by Crippen LogP contribution is -2.26. The standard InChI is InChI=1S/C18H20O/c1-12(2)7-8-18-10-13(18)9-15-14-5-3-4-6-17(14)19-11-16(15)18/h3-7,9,13,16H,8,10-11H2,1-2H3/t13-,16-,18-/m0/s1. The zero-order valence-corrected chi connectivity index (χ0v) is 11.6. The molecule has 1 aliphatic heterocycles. The maximum atomic E-state index is 6.00. The van der Waals surface area contributed by atoms with Crippen LogP contribution in [0.15, 0.2) is 42.0 Å². The Morgan fingerprint density at radius 3 is 3.05 bits per heavy atom. The van der Waals surface area contributed by atoms with Crippen LogP contribution in [-0.2, 0) is 0 Å². The molecule has 4 rings (SSSR count). The Labute approximate surface area is 115 Å². The number of rotatable bonds is 2. The predicted molar refractivity (Wildman–Crippen MR) is 78.0 cm³/mol. The van der Waals surface area contributed by atoms with Crippen LogP contribution in [-0.4, -0.2) is 6.61 Å². The minimum absolute atomic E-state index is 0.486. The van der Waals surface area contributed by atoms with Gasteiger partial charge in [-0.1, -0.05) is 35.9 Å². The topological polar surface area (TPSA) is 9.23 Å². The molecule has 0 aromatic heterocycles. The van der Waals surface area contributed by atoms with E-state index in [1.54, 1.807) is 5.57 Å². The molecule has 0 bridgehead atoms. The summed E-state index contributed by atoms with van der Waals surface area (Å²) in [7, 11) is 0. The summed E-state index contributed by atoms with van der Waals surface area (Å²) in [5, 5.41) is 0. The SMILES string of the molecule is CC(C)=CC[C@]12C[C@@H]1C=C1c3ccccc3OC[C@@H]12. The van der Waals surface area contributed by atoms with Gasteiger partial charge in [0, 0.05) is 11.5 Å². The zero-order valence-electron chi connectivity index (χ0n) is 11.6. The van der Waals surface area contributed by atoms with Gasteiger partial charge in [-0.05, 0) is 49.7 Å². The van der Waals surface area contributed by atoms with Gasteiger partial charge in [0.25, 0.3) is 0 Å². The highest BCUT2D eigenvalue weighted by molar-refractivity contribution is 5.78. The van der Waals surface area contributed by atoms with E-state index in [2.05, 4.69) is 50.3 Å². The van der Waals surface area contributed by atoms with Crippen LogP contribution in [0.3, 0.4) is 0 Å². The molecule has 1 heterocycles. The Morgan fingerprint density at radius 2 is 2.21 bits per heavy atom. The minimum atomic E-state index is 0.486. The summed E-state index contributed by atoms with van der Waals surface area (Å²) in [6.07, 6.45) is 7.52. The minimum Gasteiger partial charge on any atom is -0.492 e. The summed E-state index contributed by atoms with van der Waals surface area (Å²) < 4.78 is 6.00. The van der Waals surface area contributed by atoms with Gasteiger partial charge >= 0.3 is 0 Å². The zero-order chi connectivity index (χ0) is 13.0. The average Bonchev–Trinajstić information content (AvgIpc) is 3.03. The lowest BCUT2D eigenvalue weighted by molar-refractivity contribution is 0.211. The molecule has 0 radical (unpaired) electrons. The predicted octanol–water partition coefficient (Wildman–Crippen LogP) is 4.45. The Hall–Kier alpha value is -1.50. The molecule has 1 heteroatoms. The molecule has 3 atom stereocenters. The molecule has 0 saturated heterocycles. The van der Waals surface area contributed by atoms with E-state index in [1.165, 1.54) is 24.0 Å². The van der Waals surface area contributed by atoms with Crippen molar-refractivity contribution >= 4 is 5.57 Å². The molecule has 1 fully saturated rings. The fourth-order valence-corrected chi connectivity index (χ4v) is 3.93. The number of hydrogen-bond donors (Lipinski definition) is 0. The van der Waals surface area contributed by atoms with Gasteiger partial charge in [-0.25, -0.2) is 0 Å². The van der Waals surface area contributed by atoms with E-state index in [-0.39, 0.29) is 0 Å². The molecule has 0 unspecified atom stereocenters. The molecule has 98 valence electrons. The summed E-state index contributed by atoms with van der Waals surface area (Å²) >= 11 is 0. The van der Waals surface area contributed by atoms with E-state index >= 15 is 0 Å². The first-order valence-corrected chi connectivity index (χ1v) is 7.28. The number of hydrogen-bond acceptors (Lipinski definition) is 1. The second-order valence-electron chi connectivity index (χ2n) is 6.51. The van der Waals surface area contributed by atoms with Crippen LogP contribution in [0.1, 0.15) is 32.3 Å². The van der Waals surface area contributed by atoms with Gasteiger partial charge in [0.1, 0.15) is 5.75 Å². The second kappa shape index (κ2) is 3.75. The third-order valence-electron chi connectivity index (χ3n) is 5.12. The molecule has 0 spiro atoms. The van der Waals surface area contributed by atoms with Gasteiger partial charge in [0.15, 0.2) is 0 Å². The van der Waals surface area contributed by atoms with Crippen molar-refractivity contribution < 1.29 is 4.74 Å². The smallest absolute Gasteiger partial charge is 0.126 e. The normalized spacial score (nSPS) is 33.5. The van der Waals surface area contributed by atoms with Crippen LogP contribution >= 0.6 is 0 Å². The van der Waals surface area contributed by atoms with Crippen LogP contribution in [0.25, 0.3) is 5.57 Å². The Kier molecular flexibility index (Phi) is 2.24.